The van der Waals surface area contributed by atoms with Gasteiger partial charge in [0.25, 0.3) is 0 Å². The maximum absolute atomic E-state index is 5.86. The molecule has 1 heteroatoms. The third-order valence-electron chi connectivity index (χ3n) is 4.08. The van der Waals surface area contributed by atoms with Crippen molar-refractivity contribution in [2.45, 2.75) is 19.8 Å². The van der Waals surface area contributed by atoms with E-state index in [-0.39, 0.29) is 0 Å². The van der Waals surface area contributed by atoms with Crippen molar-refractivity contribution < 1.29 is 0 Å². The molecule has 1 nitrogen and oxygen atoms in total. The molecule has 1 aliphatic rings. The lowest BCUT2D eigenvalue weighted by molar-refractivity contribution is 1.08. The molecule has 0 bridgehead atoms. The van der Waals surface area contributed by atoms with Crippen molar-refractivity contribution >= 4 is 11.3 Å². The Hall–Kier alpha value is -2.54. The lowest BCUT2D eigenvalue weighted by atomic mass is 9.87. The first-order chi connectivity index (χ1) is 10.8. The number of nitrogens with two attached hydrogens (primary N) is 1. The maximum Gasteiger partial charge on any atom is 0.0314 e. The van der Waals surface area contributed by atoms with Gasteiger partial charge in [0.15, 0.2) is 0 Å². The fraction of sp³-hybridized carbons (Fsp3) is 0.143. The second-order valence-corrected chi connectivity index (χ2v) is 5.52. The summed E-state index contributed by atoms with van der Waals surface area (Å²) < 4.78 is 0. The van der Waals surface area contributed by atoms with E-state index in [0.717, 1.165) is 18.5 Å². The molecular formula is C21H21N. The van der Waals surface area contributed by atoms with Crippen molar-refractivity contribution in [2.24, 2.45) is 0 Å². The number of hydrogen-bond donors (Lipinski definition) is 1. The number of benzene rings is 2. The molecule has 0 radical (unpaired) electrons. The Balaban J connectivity index is 2.20. The van der Waals surface area contributed by atoms with Gasteiger partial charge in [-0.15, -0.1) is 0 Å². The zero-order valence-corrected chi connectivity index (χ0v) is 12.9. The van der Waals surface area contributed by atoms with Crippen LogP contribution in [0.3, 0.4) is 0 Å². The van der Waals surface area contributed by atoms with E-state index in [1.807, 2.05) is 12.1 Å². The summed E-state index contributed by atoms with van der Waals surface area (Å²) in [7, 11) is 0. The van der Waals surface area contributed by atoms with E-state index >= 15 is 0 Å². The molecule has 2 N–H and O–H groups in total. The van der Waals surface area contributed by atoms with Crippen LogP contribution in [-0.2, 0) is 0 Å². The molecule has 0 fully saturated rings. The van der Waals surface area contributed by atoms with E-state index in [1.165, 1.54) is 27.8 Å². The minimum atomic E-state index is 0.802. The van der Waals surface area contributed by atoms with Crippen LogP contribution in [0, 0.1) is 0 Å². The van der Waals surface area contributed by atoms with E-state index in [4.69, 9.17) is 5.73 Å². The highest BCUT2D eigenvalue weighted by molar-refractivity contribution is 5.85. The molecule has 22 heavy (non-hydrogen) atoms. The van der Waals surface area contributed by atoms with Gasteiger partial charge in [-0.05, 0) is 52.8 Å². The second-order valence-electron chi connectivity index (χ2n) is 5.52. The van der Waals surface area contributed by atoms with Gasteiger partial charge >= 0.3 is 0 Å². The van der Waals surface area contributed by atoms with Crippen molar-refractivity contribution in [1.29, 1.82) is 0 Å². The van der Waals surface area contributed by atoms with Crippen LogP contribution in [-0.4, -0.2) is 0 Å². The Morgan fingerprint density at radius 3 is 2.23 bits per heavy atom. The van der Waals surface area contributed by atoms with Crippen LogP contribution in [0.15, 0.2) is 84.0 Å². The van der Waals surface area contributed by atoms with Gasteiger partial charge < -0.3 is 5.73 Å². The van der Waals surface area contributed by atoms with Gasteiger partial charge in [-0.25, -0.2) is 0 Å². The first-order valence-electron chi connectivity index (χ1n) is 7.80. The molecule has 0 unspecified atom stereocenters. The van der Waals surface area contributed by atoms with Crippen LogP contribution in [0.25, 0.3) is 5.57 Å². The predicted molar refractivity (Wildman–Crippen MR) is 95.4 cm³/mol. The largest absolute Gasteiger partial charge is 0.399 e. The quantitative estimate of drug-likeness (QED) is 0.752. The molecule has 0 heterocycles. The van der Waals surface area contributed by atoms with Gasteiger partial charge in [0.1, 0.15) is 0 Å². The summed E-state index contributed by atoms with van der Waals surface area (Å²) in [4.78, 5) is 0. The Bertz CT molecular complexity index is 731. The molecule has 0 saturated heterocycles. The highest BCUT2D eigenvalue weighted by atomic mass is 14.5. The molecule has 0 spiro atoms. The molecule has 3 rings (SSSR count). The minimum Gasteiger partial charge on any atom is -0.399 e. The smallest absolute Gasteiger partial charge is 0.0314 e. The highest BCUT2D eigenvalue weighted by Gasteiger charge is 2.14. The fourth-order valence-electron chi connectivity index (χ4n) is 3.01. The summed E-state index contributed by atoms with van der Waals surface area (Å²) in [6.07, 6.45) is 8.64. The van der Waals surface area contributed by atoms with Crippen LogP contribution in [0.2, 0.25) is 0 Å². The number of anilines is 1. The molecule has 0 aromatic heterocycles. The monoisotopic (exact) mass is 287 g/mol. The summed E-state index contributed by atoms with van der Waals surface area (Å²) in [5.41, 5.74) is 13.3. The molecule has 0 amide bonds. The number of hydrogen-bond acceptors (Lipinski definition) is 1. The summed E-state index contributed by atoms with van der Waals surface area (Å²) >= 11 is 0. The third kappa shape index (κ3) is 2.89. The third-order valence-corrected chi connectivity index (χ3v) is 4.08. The highest BCUT2D eigenvalue weighted by Crippen LogP contribution is 2.35. The average molecular weight is 287 g/mol. The average Bonchev–Trinajstić information content (AvgIpc) is 3.08. The van der Waals surface area contributed by atoms with E-state index in [0.29, 0.717) is 0 Å². The van der Waals surface area contributed by atoms with Gasteiger partial charge in [0.2, 0.25) is 0 Å². The molecular weight excluding hydrogens is 266 g/mol. The van der Waals surface area contributed by atoms with Gasteiger partial charge in [-0.2, -0.15) is 0 Å². The van der Waals surface area contributed by atoms with Gasteiger partial charge in [0, 0.05) is 5.69 Å². The zero-order valence-electron chi connectivity index (χ0n) is 12.9. The number of nitrogen functional groups attached to an aromatic ring is 1. The van der Waals surface area contributed by atoms with Crippen LogP contribution in [0.4, 0.5) is 5.69 Å². The topological polar surface area (TPSA) is 26.0 Å². The predicted octanol–water partition coefficient (Wildman–Crippen LogP) is 5.37. The number of allylic oxidation sites excluding steroid dienone is 5. The van der Waals surface area contributed by atoms with Crippen LogP contribution < -0.4 is 5.73 Å². The van der Waals surface area contributed by atoms with Crippen molar-refractivity contribution in [3.63, 3.8) is 0 Å². The summed E-state index contributed by atoms with van der Waals surface area (Å²) in [6.45, 7) is 2.23. The lowest BCUT2D eigenvalue weighted by Gasteiger charge is -2.17. The number of rotatable bonds is 4. The van der Waals surface area contributed by atoms with Crippen LogP contribution in [0.5, 0.6) is 0 Å². The van der Waals surface area contributed by atoms with Crippen LogP contribution >= 0.6 is 0 Å². The van der Waals surface area contributed by atoms with Gasteiger partial charge in [-0.3, -0.25) is 0 Å². The van der Waals surface area contributed by atoms with E-state index in [1.54, 1.807) is 0 Å². The van der Waals surface area contributed by atoms with Crippen molar-refractivity contribution in [1.82, 2.24) is 0 Å². The SMILES string of the molecule is CC/C(C1=CC=CC1)=C(/c1ccccc1)c1ccc(N)cc1. The maximum atomic E-state index is 5.86. The molecule has 0 atom stereocenters. The molecule has 0 aliphatic heterocycles. The van der Waals surface area contributed by atoms with Gasteiger partial charge in [-0.1, -0.05) is 67.6 Å². The van der Waals surface area contributed by atoms with Crippen molar-refractivity contribution in [2.75, 3.05) is 5.73 Å². The summed E-state index contributed by atoms with van der Waals surface area (Å²) in [5, 5.41) is 0. The Morgan fingerprint density at radius 2 is 1.64 bits per heavy atom. The molecule has 2 aromatic rings. The first-order valence-corrected chi connectivity index (χ1v) is 7.80. The Kier molecular flexibility index (Phi) is 4.24. The fourth-order valence-corrected chi connectivity index (χ4v) is 3.01. The second kappa shape index (κ2) is 6.48. The van der Waals surface area contributed by atoms with Gasteiger partial charge in [0.05, 0.1) is 0 Å². The van der Waals surface area contributed by atoms with Crippen LogP contribution in [0.1, 0.15) is 30.9 Å². The molecule has 1 aliphatic carbocycles. The Labute approximate surface area is 132 Å². The normalized spacial score (nSPS) is 14.7. The van der Waals surface area contributed by atoms with Crippen molar-refractivity contribution in [3.05, 3.63) is 95.1 Å². The summed E-state index contributed by atoms with van der Waals surface area (Å²) in [6, 6.07) is 18.8. The molecule has 110 valence electrons. The van der Waals surface area contributed by atoms with E-state index in [9.17, 15) is 0 Å². The molecule has 2 aromatic carbocycles. The lowest BCUT2D eigenvalue weighted by Crippen LogP contribution is -1.97. The van der Waals surface area contributed by atoms with E-state index < -0.39 is 0 Å². The standard InChI is InChI=1S/C21H21N/c1-2-20(16-8-6-7-9-16)21(17-10-4-3-5-11-17)18-12-14-19(22)15-13-18/h3-8,10-15H,2,9,22H2,1H3/b21-20+. The minimum absolute atomic E-state index is 0.802. The molecule has 0 saturated carbocycles. The van der Waals surface area contributed by atoms with Crippen molar-refractivity contribution in [3.8, 4) is 0 Å². The summed E-state index contributed by atoms with van der Waals surface area (Å²) in [5.74, 6) is 0. The zero-order chi connectivity index (χ0) is 15.4. The first kappa shape index (κ1) is 14.4. The van der Waals surface area contributed by atoms with E-state index in [2.05, 4.69) is 67.6 Å². The Morgan fingerprint density at radius 1 is 0.955 bits per heavy atom.